The van der Waals surface area contributed by atoms with Gasteiger partial charge in [-0.2, -0.15) is 14.0 Å². The van der Waals surface area contributed by atoms with Gasteiger partial charge in [0.25, 0.3) is 0 Å². The van der Waals surface area contributed by atoms with E-state index in [0.29, 0.717) is 0 Å². The van der Waals surface area contributed by atoms with Gasteiger partial charge in [-0.1, -0.05) is 0 Å². The van der Waals surface area contributed by atoms with Crippen LogP contribution in [0.5, 0.6) is 5.75 Å². The summed E-state index contributed by atoms with van der Waals surface area (Å²) in [5.41, 5.74) is 0.174. The number of carbonyl (C=O) groups is 1. The van der Waals surface area contributed by atoms with Gasteiger partial charge in [-0.3, -0.25) is 4.79 Å². The van der Waals surface area contributed by atoms with Crippen LogP contribution in [0.15, 0.2) is 17.0 Å². The summed E-state index contributed by atoms with van der Waals surface area (Å²) in [6.07, 6.45) is -0.384. The van der Waals surface area contributed by atoms with Gasteiger partial charge in [-0.15, -0.1) is 12.6 Å². The Bertz CT molecular complexity index is 485. The highest BCUT2D eigenvalue weighted by Crippen LogP contribution is 2.28. The van der Waals surface area contributed by atoms with E-state index in [-0.39, 0.29) is 28.2 Å². The summed E-state index contributed by atoms with van der Waals surface area (Å²) >= 11 is 3.89. The third-order valence-electron chi connectivity index (χ3n) is 1.86. The zero-order chi connectivity index (χ0) is 13.0. The second kappa shape index (κ2) is 5.50. The molecule has 4 nitrogen and oxygen atoms in total. The van der Waals surface area contributed by atoms with E-state index in [1.807, 2.05) is 0 Å². The van der Waals surface area contributed by atoms with E-state index in [2.05, 4.69) is 17.4 Å². The highest BCUT2D eigenvalue weighted by Gasteiger charge is 2.14. The first kappa shape index (κ1) is 13.3. The van der Waals surface area contributed by atoms with Gasteiger partial charge >= 0.3 is 12.6 Å². The van der Waals surface area contributed by atoms with E-state index < -0.39 is 12.6 Å². The molecule has 0 bridgehead atoms. The zero-order valence-corrected chi connectivity index (χ0v) is 9.25. The minimum Gasteiger partial charge on any atom is -0.481 e. The molecule has 1 aromatic carbocycles. The van der Waals surface area contributed by atoms with Crippen molar-refractivity contribution in [3.8, 4) is 11.8 Å². The molecular formula is C10H7F2NO3S. The van der Waals surface area contributed by atoms with Gasteiger partial charge in [-0.25, -0.2) is 0 Å². The minimum atomic E-state index is -3.03. The van der Waals surface area contributed by atoms with Crippen molar-refractivity contribution in [1.82, 2.24) is 0 Å². The smallest absolute Gasteiger partial charge is 0.387 e. The van der Waals surface area contributed by atoms with E-state index >= 15 is 0 Å². The lowest BCUT2D eigenvalue weighted by molar-refractivity contribution is -0.136. The van der Waals surface area contributed by atoms with Gasteiger partial charge in [0, 0.05) is 4.90 Å². The Hall–Kier alpha value is -1.81. The fourth-order valence-corrected chi connectivity index (χ4v) is 1.49. The maximum Gasteiger partial charge on any atom is 0.387 e. The number of thiol groups is 1. The van der Waals surface area contributed by atoms with Gasteiger partial charge in [-0.05, 0) is 17.7 Å². The number of benzene rings is 1. The third-order valence-corrected chi connectivity index (χ3v) is 2.21. The molecule has 90 valence electrons. The largest absolute Gasteiger partial charge is 0.481 e. The predicted octanol–water partition coefficient (Wildman–Crippen LogP) is 2.08. The Labute approximate surface area is 101 Å². The van der Waals surface area contributed by atoms with Crippen LogP contribution < -0.4 is 4.74 Å². The van der Waals surface area contributed by atoms with Crippen molar-refractivity contribution in [2.75, 3.05) is 0 Å². The van der Waals surface area contributed by atoms with Gasteiger partial charge in [0.15, 0.2) is 0 Å². The Balaban J connectivity index is 3.16. The Morgan fingerprint density at radius 2 is 2.24 bits per heavy atom. The lowest BCUT2D eigenvalue weighted by Gasteiger charge is -2.10. The number of nitrogens with zero attached hydrogens (tertiary/aromatic N) is 1. The quantitative estimate of drug-likeness (QED) is 0.812. The monoisotopic (exact) mass is 259 g/mol. The molecule has 0 aliphatic rings. The summed E-state index contributed by atoms with van der Waals surface area (Å²) in [6, 6.07) is 4.00. The summed E-state index contributed by atoms with van der Waals surface area (Å²) in [5.74, 6) is -1.38. The number of hydrogen-bond acceptors (Lipinski definition) is 4. The van der Waals surface area contributed by atoms with Gasteiger partial charge in [0.2, 0.25) is 0 Å². The molecule has 1 N–H and O–H groups in total. The van der Waals surface area contributed by atoms with Crippen molar-refractivity contribution in [2.24, 2.45) is 0 Å². The van der Waals surface area contributed by atoms with Crippen LogP contribution in [0.4, 0.5) is 8.78 Å². The summed E-state index contributed by atoms with van der Waals surface area (Å²) in [4.78, 5) is 10.6. The fraction of sp³-hybridized carbons (Fsp3) is 0.200. The first-order chi connectivity index (χ1) is 7.93. The predicted molar refractivity (Wildman–Crippen MR) is 56.4 cm³/mol. The number of carboxylic acids is 1. The van der Waals surface area contributed by atoms with Crippen molar-refractivity contribution in [3.63, 3.8) is 0 Å². The molecule has 0 aliphatic carbocycles. The second-order valence-corrected chi connectivity index (χ2v) is 3.52. The number of aliphatic carboxylic acids is 1. The molecule has 0 saturated carbocycles. The fourth-order valence-electron chi connectivity index (χ4n) is 1.22. The molecule has 1 aromatic rings. The normalized spacial score (nSPS) is 10.1. The van der Waals surface area contributed by atoms with Crippen LogP contribution in [0.3, 0.4) is 0 Å². The van der Waals surface area contributed by atoms with Crippen molar-refractivity contribution in [2.45, 2.75) is 17.9 Å². The molecular weight excluding hydrogens is 252 g/mol. The lowest BCUT2D eigenvalue weighted by Crippen LogP contribution is -2.06. The molecule has 0 spiro atoms. The van der Waals surface area contributed by atoms with Gasteiger partial charge in [0.1, 0.15) is 5.75 Å². The molecule has 1 rings (SSSR count). The Kier molecular flexibility index (Phi) is 4.29. The molecule has 0 amide bonds. The molecule has 0 unspecified atom stereocenters. The van der Waals surface area contributed by atoms with Crippen LogP contribution >= 0.6 is 12.6 Å². The number of carboxylic acid groups (broad SMARTS) is 1. The van der Waals surface area contributed by atoms with Crippen molar-refractivity contribution in [3.05, 3.63) is 23.3 Å². The Morgan fingerprint density at radius 3 is 2.71 bits per heavy atom. The Morgan fingerprint density at radius 1 is 1.59 bits per heavy atom. The van der Waals surface area contributed by atoms with Crippen LogP contribution in [0.2, 0.25) is 0 Å². The summed E-state index contributed by atoms with van der Waals surface area (Å²) in [7, 11) is 0. The van der Waals surface area contributed by atoms with Crippen molar-refractivity contribution >= 4 is 18.6 Å². The molecule has 0 aliphatic heterocycles. The average molecular weight is 259 g/mol. The summed E-state index contributed by atoms with van der Waals surface area (Å²) < 4.78 is 28.2. The first-order valence-corrected chi connectivity index (χ1v) is 4.81. The third kappa shape index (κ3) is 3.60. The number of alkyl halides is 2. The maximum absolute atomic E-state index is 12.0. The second-order valence-electron chi connectivity index (χ2n) is 3.04. The van der Waals surface area contributed by atoms with Crippen LogP contribution in [-0.4, -0.2) is 17.7 Å². The molecule has 0 aromatic heterocycles. The van der Waals surface area contributed by atoms with Crippen LogP contribution in [0.1, 0.15) is 11.1 Å². The summed E-state index contributed by atoms with van der Waals surface area (Å²) in [5, 5.41) is 17.4. The lowest BCUT2D eigenvalue weighted by atomic mass is 10.1. The topological polar surface area (TPSA) is 70.3 Å². The molecule has 0 saturated heterocycles. The highest BCUT2D eigenvalue weighted by molar-refractivity contribution is 7.80. The van der Waals surface area contributed by atoms with E-state index in [0.717, 1.165) is 6.07 Å². The molecule has 7 heteroatoms. The number of nitriles is 1. The highest BCUT2D eigenvalue weighted by atomic mass is 32.1. The van der Waals surface area contributed by atoms with E-state index in [1.54, 1.807) is 6.07 Å². The molecule has 0 atom stereocenters. The zero-order valence-electron chi connectivity index (χ0n) is 8.35. The van der Waals surface area contributed by atoms with Gasteiger partial charge < -0.3 is 9.84 Å². The van der Waals surface area contributed by atoms with Crippen LogP contribution in [-0.2, 0) is 11.2 Å². The van der Waals surface area contributed by atoms with Crippen molar-refractivity contribution < 1.29 is 23.4 Å². The molecule has 17 heavy (non-hydrogen) atoms. The number of halogens is 2. The molecule has 0 heterocycles. The first-order valence-electron chi connectivity index (χ1n) is 4.36. The number of ether oxygens (including phenoxy) is 1. The van der Waals surface area contributed by atoms with E-state index in [9.17, 15) is 13.6 Å². The minimum absolute atomic E-state index is 0.0270. The van der Waals surface area contributed by atoms with Crippen molar-refractivity contribution in [1.29, 1.82) is 5.26 Å². The van der Waals surface area contributed by atoms with E-state index in [1.165, 1.54) is 6.07 Å². The number of hydrogen-bond donors (Lipinski definition) is 2. The average Bonchev–Trinajstić information content (AvgIpc) is 2.20. The standard InChI is InChI=1S/C10H7F2NO3S/c11-10(12)16-7-1-6(4-13)5(2-8(7)17)3-9(14)15/h1-2,10,17H,3H2,(H,14,15). The van der Waals surface area contributed by atoms with E-state index in [4.69, 9.17) is 10.4 Å². The maximum atomic E-state index is 12.0. The van der Waals surface area contributed by atoms with Gasteiger partial charge in [0.05, 0.1) is 18.1 Å². The van der Waals surface area contributed by atoms with Crippen LogP contribution in [0, 0.1) is 11.3 Å². The summed E-state index contributed by atoms with van der Waals surface area (Å²) in [6.45, 7) is -3.03. The van der Waals surface area contributed by atoms with Crippen LogP contribution in [0.25, 0.3) is 0 Å². The number of rotatable bonds is 4. The SMILES string of the molecule is N#Cc1cc(OC(F)F)c(S)cc1CC(=O)O. The molecule has 0 radical (unpaired) electrons. The molecule has 0 fully saturated rings.